The van der Waals surface area contributed by atoms with Crippen LogP contribution in [0.3, 0.4) is 0 Å². The molecule has 2 aromatic rings. The zero-order valence-electron chi connectivity index (χ0n) is 13.4. The maximum absolute atomic E-state index is 12.5. The van der Waals surface area contributed by atoms with Crippen molar-refractivity contribution < 1.29 is 9.53 Å². The molecule has 1 saturated heterocycles. The first kappa shape index (κ1) is 21.7. The highest BCUT2D eigenvalue weighted by Crippen LogP contribution is 2.24. The molecule has 3 rings (SSSR count). The van der Waals surface area contributed by atoms with E-state index in [1.165, 1.54) is 0 Å². The summed E-state index contributed by atoms with van der Waals surface area (Å²) >= 11 is 3.38. The summed E-state index contributed by atoms with van der Waals surface area (Å²) in [6, 6.07) is 11.1. The van der Waals surface area contributed by atoms with Crippen molar-refractivity contribution >= 4 is 46.7 Å². The molecule has 0 atom stereocenters. The predicted molar refractivity (Wildman–Crippen MR) is 106 cm³/mol. The van der Waals surface area contributed by atoms with Crippen molar-refractivity contribution in [3.63, 3.8) is 0 Å². The third kappa shape index (κ3) is 6.15. The first-order valence-electron chi connectivity index (χ1n) is 7.62. The van der Waals surface area contributed by atoms with Crippen molar-refractivity contribution in [3.05, 3.63) is 52.6 Å². The van der Waals surface area contributed by atoms with E-state index in [-0.39, 0.29) is 36.8 Å². The molecule has 0 unspecified atom stereocenters. The van der Waals surface area contributed by atoms with Gasteiger partial charge in [0.25, 0.3) is 5.91 Å². The quantitative estimate of drug-likeness (QED) is 0.742. The van der Waals surface area contributed by atoms with Gasteiger partial charge >= 0.3 is 0 Å². The van der Waals surface area contributed by atoms with Crippen molar-refractivity contribution in [2.75, 3.05) is 13.1 Å². The first-order valence-corrected chi connectivity index (χ1v) is 8.42. The Morgan fingerprint density at radius 3 is 2.52 bits per heavy atom. The topological polar surface area (TPSA) is 63.2 Å². The van der Waals surface area contributed by atoms with E-state index in [1.54, 1.807) is 18.3 Å². The number of rotatable bonds is 4. The average Bonchev–Trinajstić information content (AvgIpc) is 2.58. The lowest BCUT2D eigenvalue weighted by Crippen LogP contribution is -2.42. The number of pyridine rings is 1. The van der Waals surface area contributed by atoms with Crippen molar-refractivity contribution in [1.82, 2.24) is 15.6 Å². The van der Waals surface area contributed by atoms with Gasteiger partial charge in [0.15, 0.2) is 0 Å². The minimum Gasteiger partial charge on any atom is -0.438 e. The Bertz CT molecular complexity index is 680. The fraction of sp³-hybridized carbons (Fsp3) is 0.294. The first-order chi connectivity index (χ1) is 11.2. The molecule has 0 spiro atoms. The van der Waals surface area contributed by atoms with Crippen LogP contribution < -0.4 is 15.4 Å². The third-order valence-corrected chi connectivity index (χ3v) is 4.25. The number of hydrogen-bond acceptors (Lipinski definition) is 4. The third-order valence-electron chi connectivity index (χ3n) is 3.72. The van der Waals surface area contributed by atoms with Crippen LogP contribution in [-0.2, 0) is 0 Å². The summed E-state index contributed by atoms with van der Waals surface area (Å²) in [5.41, 5.74) is 0.453. The van der Waals surface area contributed by atoms with Crippen LogP contribution in [0.2, 0.25) is 0 Å². The molecule has 25 heavy (non-hydrogen) atoms. The maximum Gasteiger partial charge on any atom is 0.257 e. The molecule has 1 aromatic heterocycles. The monoisotopic (exact) mass is 447 g/mol. The standard InChI is InChI=1S/C17H18BrN3O2.2ClH/c18-12-3-5-14(6-4-12)23-17-15(2-1-9-20-17)16(22)21-13-7-10-19-11-8-13;;/h1-6,9,13,19H,7-8,10-11H2,(H,21,22);2*1H. The highest BCUT2D eigenvalue weighted by atomic mass is 79.9. The van der Waals surface area contributed by atoms with Crippen molar-refractivity contribution in [2.45, 2.75) is 18.9 Å². The van der Waals surface area contributed by atoms with E-state index in [1.807, 2.05) is 24.3 Å². The van der Waals surface area contributed by atoms with E-state index >= 15 is 0 Å². The number of hydrogen-bond donors (Lipinski definition) is 2. The van der Waals surface area contributed by atoms with Gasteiger partial charge in [0.2, 0.25) is 5.88 Å². The van der Waals surface area contributed by atoms with Crippen LogP contribution in [0.1, 0.15) is 23.2 Å². The number of ether oxygens (including phenoxy) is 1. The van der Waals surface area contributed by atoms with Crippen molar-refractivity contribution in [2.24, 2.45) is 0 Å². The van der Waals surface area contributed by atoms with Gasteiger partial charge in [-0.2, -0.15) is 0 Å². The van der Waals surface area contributed by atoms with Crippen LogP contribution in [0.25, 0.3) is 0 Å². The number of halogens is 3. The van der Waals surface area contributed by atoms with E-state index < -0.39 is 0 Å². The molecular formula is C17H20BrCl2N3O2. The van der Waals surface area contributed by atoms with E-state index in [0.717, 1.165) is 30.4 Å². The molecule has 0 saturated carbocycles. The molecular weight excluding hydrogens is 429 g/mol. The fourth-order valence-corrected chi connectivity index (χ4v) is 2.75. The maximum atomic E-state index is 12.5. The van der Waals surface area contributed by atoms with Crippen LogP contribution in [0.5, 0.6) is 11.6 Å². The number of nitrogens with zero attached hydrogens (tertiary/aromatic N) is 1. The lowest BCUT2D eigenvalue weighted by molar-refractivity contribution is 0.0926. The van der Waals surface area contributed by atoms with E-state index in [0.29, 0.717) is 17.2 Å². The van der Waals surface area contributed by atoms with Crippen molar-refractivity contribution in [1.29, 1.82) is 0 Å². The Hall–Kier alpha value is -1.34. The molecule has 1 amide bonds. The summed E-state index contributed by atoms with van der Waals surface area (Å²) in [5.74, 6) is 0.821. The summed E-state index contributed by atoms with van der Waals surface area (Å²) < 4.78 is 6.74. The van der Waals surface area contributed by atoms with Gasteiger partial charge in [0, 0.05) is 16.7 Å². The molecule has 1 aromatic carbocycles. The highest BCUT2D eigenvalue weighted by Gasteiger charge is 2.19. The fourth-order valence-electron chi connectivity index (χ4n) is 2.49. The summed E-state index contributed by atoms with van der Waals surface area (Å²) in [7, 11) is 0. The number of amides is 1. The summed E-state index contributed by atoms with van der Waals surface area (Å²) in [4.78, 5) is 16.7. The molecule has 0 aliphatic carbocycles. The van der Waals surface area contributed by atoms with Gasteiger partial charge < -0.3 is 15.4 Å². The second-order valence-electron chi connectivity index (χ2n) is 5.41. The minimum absolute atomic E-state index is 0. The van der Waals surface area contributed by atoms with Gasteiger partial charge in [-0.05, 0) is 62.3 Å². The molecule has 0 radical (unpaired) electrons. The van der Waals surface area contributed by atoms with Crippen LogP contribution in [0, 0.1) is 0 Å². The molecule has 136 valence electrons. The number of piperidine rings is 1. The lowest BCUT2D eigenvalue weighted by atomic mass is 10.1. The lowest BCUT2D eigenvalue weighted by Gasteiger charge is -2.23. The van der Waals surface area contributed by atoms with Gasteiger partial charge in [-0.3, -0.25) is 4.79 Å². The number of nitrogens with one attached hydrogen (secondary N) is 2. The summed E-state index contributed by atoms with van der Waals surface area (Å²) in [6.07, 6.45) is 3.50. The highest BCUT2D eigenvalue weighted by molar-refractivity contribution is 9.10. The molecule has 5 nitrogen and oxygen atoms in total. The average molecular weight is 449 g/mol. The normalized spacial score (nSPS) is 14.0. The zero-order valence-corrected chi connectivity index (χ0v) is 16.6. The van der Waals surface area contributed by atoms with Crippen molar-refractivity contribution in [3.8, 4) is 11.6 Å². The smallest absolute Gasteiger partial charge is 0.257 e. The molecule has 2 heterocycles. The molecule has 0 bridgehead atoms. The summed E-state index contributed by atoms with van der Waals surface area (Å²) in [6.45, 7) is 1.86. The zero-order chi connectivity index (χ0) is 16.1. The number of carbonyl (C=O) groups excluding carboxylic acids is 1. The van der Waals surface area contributed by atoms with Crippen LogP contribution >= 0.6 is 40.7 Å². The molecule has 8 heteroatoms. The van der Waals surface area contributed by atoms with Gasteiger partial charge in [-0.15, -0.1) is 24.8 Å². The van der Waals surface area contributed by atoms with Crippen LogP contribution in [0.4, 0.5) is 0 Å². The Kier molecular flexibility index (Phi) is 9.21. The minimum atomic E-state index is -0.142. The SMILES string of the molecule is Cl.Cl.O=C(NC1CCNCC1)c1cccnc1Oc1ccc(Br)cc1. The number of carbonyl (C=O) groups is 1. The molecule has 1 fully saturated rings. The van der Waals surface area contributed by atoms with Gasteiger partial charge in [0.1, 0.15) is 11.3 Å². The Labute approximate surface area is 167 Å². The van der Waals surface area contributed by atoms with Gasteiger partial charge in [-0.25, -0.2) is 4.98 Å². The molecule has 2 N–H and O–H groups in total. The molecule has 1 aliphatic heterocycles. The number of aromatic nitrogens is 1. The molecule has 1 aliphatic rings. The largest absolute Gasteiger partial charge is 0.438 e. The van der Waals surface area contributed by atoms with Crippen LogP contribution in [-0.4, -0.2) is 30.0 Å². The second-order valence-corrected chi connectivity index (χ2v) is 6.33. The Balaban J connectivity index is 0.00000156. The van der Waals surface area contributed by atoms with Gasteiger partial charge in [0.05, 0.1) is 0 Å². The van der Waals surface area contributed by atoms with Gasteiger partial charge in [-0.1, -0.05) is 15.9 Å². The number of benzene rings is 1. The van der Waals surface area contributed by atoms with Crippen LogP contribution in [0.15, 0.2) is 47.1 Å². The summed E-state index contributed by atoms with van der Waals surface area (Å²) in [5, 5.41) is 6.35. The van der Waals surface area contributed by atoms with E-state index in [9.17, 15) is 4.79 Å². The Morgan fingerprint density at radius 1 is 1.16 bits per heavy atom. The van der Waals surface area contributed by atoms with E-state index in [4.69, 9.17) is 4.74 Å². The Morgan fingerprint density at radius 2 is 1.84 bits per heavy atom. The second kappa shape index (κ2) is 10.6. The van der Waals surface area contributed by atoms with E-state index in [2.05, 4.69) is 31.5 Å². The predicted octanol–water partition coefficient (Wildman–Crippen LogP) is 3.96.